The number of amides is 3. The van der Waals surface area contributed by atoms with Crippen molar-refractivity contribution in [1.29, 1.82) is 0 Å². The highest BCUT2D eigenvalue weighted by Crippen LogP contribution is 2.34. The molecule has 13 heteroatoms. The SMILES string of the molecule is Cc1cc(-c2[nH]nc3ncc(-c4ccc(C5CCN(CCc6ccc([C@@H]7CCC(=O)NC7=O)cc6)CC5)nc4)cc23)ccc1[C@@H](C)c1nc(C(N)=O)no1. The van der Waals surface area contributed by atoms with Crippen molar-refractivity contribution < 1.29 is 18.9 Å². The van der Waals surface area contributed by atoms with E-state index in [0.717, 1.165) is 89.1 Å². The molecule has 13 nitrogen and oxygen atoms in total. The molecule has 4 aromatic heterocycles. The van der Waals surface area contributed by atoms with Gasteiger partial charge in [0, 0.05) is 59.0 Å². The summed E-state index contributed by atoms with van der Waals surface area (Å²) >= 11 is 0. The van der Waals surface area contributed by atoms with Crippen LogP contribution >= 0.6 is 0 Å². The molecule has 0 unspecified atom stereocenters. The first-order valence-electron chi connectivity index (χ1n) is 18.4. The van der Waals surface area contributed by atoms with Gasteiger partial charge in [-0.1, -0.05) is 47.6 Å². The van der Waals surface area contributed by atoms with Gasteiger partial charge in [0.2, 0.25) is 17.7 Å². The molecule has 8 rings (SSSR count). The van der Waals surface area contributed by atoms with Crippen molar-refractivity contribution in [2.75, 3.05) is 19.6 Å². The van der Waals surface area contributed by atoms with E-state index in [9.17, 15) is 14.4 Å². The quantitative estimate of drug-likeness (QED) is 0.151. The van der Waals surface area contributed by atoms with Crippen LogP contribution < -0.4 is 11.1 Å². The molecule has 2 atom stereocenters. The number of nitrogens with two attached hydrogens (primary N) is 1. The number of fused-ring (bicyclic) bond motifs is 1. The molecule has 0 saturated carbocycles. The second-order valence-corrected chi connectivity index (χ2v) is 14.4. The molecule has 6 aromatic rings. The van der Waals surface area contributed by atoms with Gasteiger partial charge >= 0.3 is 0 Å². The van der Waals surface area contributed by atoms with E-state index in [2.05, 4.69) is 71.9 Å². The molecule has 2 aliphatic rings. The lowest BCUT2D eigenvalue weighted by atomic mass is 9.90. The molecule has 4 N–H and O–H groups in total. The van der Waals surface area contributed by atoms with Crippen molar-refractivity contribution in [1.82, 2.24) is 40.5 Å². The van der Waals surface area contributed by atoms with Crippen molar-refractivity contribution in [3.05, 3.63) is 113 Å². The number of piperidine rings is 2. The summed E-state index contributed by atoms with van der Waals surface area (Å²) in [5.41, 5.74) is 15.1. The van der Waals surface area contributed by atoms with Crippen LogP contribution in [0.2, 0.25) is 0 Å². The standard InChI is InChI=1S/C41H41N9O4/c1-23-19-28(7-9-31(23)24(2)41-46-39(37(42)52)49-54-41)36-33-20-30(22-44-38(33)48-47-36)29-8-11-34(43-21-29)27-14-17-50(18-15-27)16-13-25-3-5-26(6-4-25)32-10-12-35(51)45-40(32)53/h3-9,11,19-22,24,27,32H,10,12-18H2,1-2H3,(H2,42,52)(H,44,47,48)(H,45,51,53)/t24-,32+/m1/s1. The van der Waals surface area contributed by atoms with Gasteiger partial charge in [-0.05, 0) is 93.1 Å². The second kappa shape index (κ2) is 14.7. The average molecular weight is 724 g/mol. The number of hydrogen-bond donors (Lipinski definition) is 3. The Morgan fingerprint density at radius 3 is 2.44 bits per heavy atom. The summed E-state index contributed by atoms with van der Waals surface area (Å²) in [6, 6.07) is 20.8. The van der Waals surface area contributed by atoms with E-state index in [1.54, 1.807) is 0 Å². The summed E-state index contributed by atoms with van der Waals surface area (Å²) in [4.78, 5) is 51.4. The highest BCUT2D eigenvalue weighted by atomic mass is 16.5. The van der Waals surface area contributed by atoms with Crippen LogP contribution in [0.25, 0.3) is 33.4 Å². The fourth-order valence-electron chi connectivity index (χ4n) is 7.72. The number of imide groups is 1. The number of benzene rings is 2. The Balaban J connectivity index is 0.881. The van der Waals surface area contributed by atoms with Gasteiger partial charge in [-0.2, -0.15) is 10.1 Å². The third-order valence-electron chi connectivity index (χ3n) is 10.9. The number of carbonyl (C=O) groups is 3. The predicted molar refractivity (Wildman–Crippen MR) is 201 cm³/mol. The maximum atomic E-state index is 12.2. The summed E-state index contributed by atoms with van der Waals surface area (Å²) in [5, 5.41) is 14.7. The number of likely N-dealkylation sites (tertiary alicyclic amines) is 1. The summed E-state index contributed by atoms with van der Waals surface area (Å²) in [6.45, 7) is 7.01. The number of aromatic nitrogens is 6. The average Bonchev–Trinajstić information content (AvgIpc) is 3.86. The number of H-pyrrole nitrogens is 1. The molecular formula is C41H41N9O4. The van der Waals surface area contributed by atoms with E-state index in [-0.39, 0.29) is 29.5 Å². The number of aromatic amines is 1. The predicted octanol–water partition coefficient (Wildman–Crippen LogP) is 5.57. The van der Waals surface area contributed by atoms with Gasteiger partial charge in [-0.25, -0.2) is 4.98 Å². The molecule has 2 saturated heterocycles. The molecule has 274 valence electrons. The highest BCUT2D eigenvalue weighted by Gasteiger charge is 2.28. The lowest BCUT2D eigenvalue weighted by Crippen LogP contribution is -2.39. The summed E-state index contributed by atoms with van der Waals surface area (Å²) in [5.74, 6) is -0.958. The first-order valence-corrected chi connectivity index (χ1v) is 18.4. The Bertz CT molecular complexity index is 2340. The van der Waals surface area contributed by atoms with E-state index >= 15 is 0 Å². The molecule has 6 heterocycles. The Kier molecular flexibility index (Phi) is 9.55. The number of aryl methyl sites for hydroxylation is 1. The van der Waals surface area contributed by atoms with E-state index in [1.807, 2.05) is 50.5 Å². The highest BCUT2D eigenvalue weighted by molar-refractivity contribution is 6.01. The van der Waals surface area contributed by atoms with Gasteiger partial charge in [0.1, 0.15) is 0 Å². The molecule has 2 fully saturated rings. The topological polar surface area (TPSA) is 186 Å². The first kappa shape index (κ1) is 35.0. The number of pyridine rings is 2. The van der Waals surface area contributed by atoms with E-state index in [0.29, 0.717) is 30.3 Å². The zero-order chi connectivity index (χ0) is 37.3. The van der Waals surface area contributed by atoms with Crippen molar-refractivity contribution in [2.24, 2.45) is 5.73 Å². The Labute approximate surface area is 311 Å². The smallest absolute Gasteiger partial charge is 0.290 e. The zero-order valence-electron chi connectivity index (χ0n) is 30.2. The van der Waals surface area contributed by atoms with Crippen LogP contribution in [0.15, 0.2) is 77.6 Å². The van der Waals surface area contributed by atoms with Crippen LogP contribution in [0.1, 0.15) is 94.8 Å². The van der Waals surface area contributed by atoms with E-state index in [1.165, 1.54) is 5.56 Å². The number of nitrogens with one attached hydrogen (secondary N) is 2. The maximum Gasteiger partial charge on any atom is 0.290 e. The minimum absolute atomic E-state index is 0.133. The molecule has 0 aliphatic carbocycles. The lowest BCUT2D eigenvalue weighted by molar-refractivity contribution is -0.134. The maximum absolute atomic E-state index is 12.2. The van der Waals surface area contributed by atoms with Crippen molar-refractivity contribution >= 4 is 28.8 Å². The first-order chi connectivity index (χ1) is 26.2. The molecule has 2 aliphatic heterocycles. The second-order valence-electron chi connectivity index (χ2n) is 14.4. The van der Waals surface area contributed by atoms with Crippen LogP contribution in [0.5, 0.6) is 0 Å². The number of primary amides is 1. The monoisotopic (exact) mass is 723 g/mol. The van der Waals surface area contributed by atoms with Gasteiger partial charge < -0.3 is 15.2 Å². The fraction of sp³-hybridized carbons (Fsp3) is 0.317. The zero-order valence-corrected chi connectivity index (χ0v) is 30.2. The lowest BCUT2D eigenvalue weighted by Gasteiger charge is -2.31. The normalized spacial score (nSPS) is 17.5. The third kappa shape index (κ3) is 7.14. The molecular weight excluding hydrogens is 683 g/mol. The number of hydrogen-bond acceptors (Lipinski definition) is 10. The molecule has 3 amide bonds. The van der Waals surface area contributed by atoms with Crippen molar-refractivity contribution in [3.8, 4) is 22.4 Å². The van der Waals surface area contributed by atoms with Crippen molar-refractivity contribution in [2.45, 2.75) is 63.7 Å². The number of nitrogens with zero attached hydrogens (tertiary/aromatic N) is 6. The van der Waals surface area contributed by atoms with Crippen LogP contribution in [0, 0.1) is 6.92 Å². The summed E-state index contributed by atoms with van der Waals surface area (Å²) < 4.78 is 5.29. The Morgan fingerprint density at radius 1 is 0.963 bits per heavy atom. The number of carbonyl (C=O) groups excluding carboxylic acids is 3. The van der Waals surface area contributed by atoms with Gasteiger partial charge in [-0.15, -0.1) is 0 Å². The minimum Gasteiger partial charge on any atom is -0.363 e. The molecule has 0 spiro atoms. The van der Waals surface area contributed by atoms with Gasteiger partial charge in [0.15, 0.2) is 5.65 Å². The van der Waals surface area contributed by atoms with Crippen LogP contribution in [-0.2, 0) is 16.0 Å². The van der Waals surface area contributed by atoms with Crippen LogP contribution in [-0.4, -0.2) is 72.6 Å². The Hall–Kier alpha value is -6.08. The van der Waals surface area contributed by atoms with Crippen LogP contribution in [0.3, 0.4) is 0 Å². The van der Waals surface area contributed by atoms with Gasteiger partial charge in [0.25, 0.3) is 11.7 Å². The molecule has 0 radical (unpaired) electrons. The molecule has 2 aromatic carbocycles. The van der Waals surface area contributed by atoms with Crippen LogP contribution in [0.4, 0.5) is 0 Å². The van der Waals surface area contributed by atoms with Gasteiger partial charge in [0.05, 0.1) is 17.5 Å². The number of rotatable bonds is 10. The Morgan fingerprint density at radius 2 is 1.74 bits per heavy atom. The van der Waals surface area contributed by atoms with E-state index in [4.69, 9.17) is 15.2 Å². The van der Waals surface area contributed by atoms with E-state index < -0.39 is 5.91 Å². The largest absolute Gasteiger partial charge is 0.363 e. The van der Waals surface area contributed by atoms with Gasteiger partial charge in [-0.3, -0.25) is 29.8 Å². The molecule has 54 heavy (non-hydrogen) atoms. The minimum atomic E-state index is -0.727. The fourth-order valence-corrected chi connectivity index (χ4v) is 7.72. The van der Waals surface area contributed by atoms with Crippen molar-refractivity contribution in [3.63, 3.8) is 0 Å². The summed E-state index contributed by atoms with van der Waals surface area (Å²) in [6.07, 6.45) is 7.83. The third-order valence-corrected chi connectivity index (χ3v) is 10.9. The summed E-state index contributed by atoms with van der Waals surface area (Å²) in [7, 11) is 0. The molecule has 0 bridgehead atoms.